The first kappa shape index (κ1) is 31.9. The molecule has 1 aliphatic rings. The molecule has 0 radical (unpaired) electrons. The summed E-state index contributed by atoms with van der Waals surface area (Å²) in [6, 6.07) is 25.1. The summed E-state index contributed by atoms with van der Waals surface area (Å²) >= 11 is 3.63. The largest absolute Gasteiger partial charge is 0.488 e. The van der Waals surface area contributed by atoms with Crippen LogP contribution in [0.15, 0.2) is 77.3 Å². The molecule has 0 fully saturated rings. The molecule has 0 saturated heterocycles. The van der Waals surface area contributed by atoms with E-state index < -0.39 is 12.1 Å². The summed E-state index contributed by atoms with van der Waals surface area (Å²) in [7, 11) is 0. The van der Waals surface area contributed by atoms with E-state index in [1.54, 1.807) is 18.2 Å². The summed E-state index contributed by atoms with van der Waals surface area (Å²) < 4.78 is 24.7. The predicted molar refractivity (Wildman–Crippen MR) is 172 cm³/mol. The first-order chi connectivity index (χ1) is 21.8. The molecule has 5 rings (SSSR count). The van der Waals surface area contributed by atoms with Crippen LogP contribution in [0.25, 0.3) is 11.1 Å². The van der Waals surface area contributed by atoms with E-state index in [-0.39, 0.29) is 19.6 Å². The average Bonchev–Trinajstić information content (AvgIpc) is 3.04. The van der Waals surface area contributed by atoms with Crippen LogP contribution in [0.3, 0.4) is 0 Å². The number of aliphatic carboxylic acids is 1. The van der Waals surface area contributed by atoms with Crippen molar-refractivity contribution in [1.29, 1.82) is 5.26 Å². The number of carboxylic acids is 1. The fraction of sp³-hybridized carbons (Fsp3) is 0.257. The van der Waals surface area contributed by atoms with Crippen molar-refractivity contribution in [2.45, 2.75) is 39.2 Å². The second kappa shape index (κ2) is 14.9. The van der Waals surface area contributed by atoms with Crippen LogP contribution in [-0.2, 0) is 24.6 Å². The second-order valence-electron chi connectivity index (χ2n) is 10.6. The maximum atomic E-state index is 10.9. The van der Waals surface area contributed by atoms with Gasteiger partial charge in [-0.1, -0.05) is 36.4 Å². The van der Waals surface area contributed by atoms with Gasteiger partial charge in [-0.05, 0) is 81.0 Å². The summed E-state index contributed by atoms with van der Waals surface area (Å²) in [4.78, 5) is 10.9. The number of nitriles is 1. The highest BCUT2D eigenvalue weighted by atomic mass is 79.9. The highest BCUT2D eigenvalue weighted by molar-refractivity contribution is 9.10. The van der Waals surface area contributed by atoms with Gasteiger partial charge in [-0.2, -0.15) is 5.26 Å². The van der Waals surface area contributed by atoms with Crippen LogP contribution >= 0.6 is 15.9 Å². The Labute approximate surface area is 270 Å². The topological polar surface area (TPSA) is 130 Å². The van der Waals surface area contributed by atoms with Crippen molar-refractivity contribution in [3.8, 4) is 40.2 Å². The Morgan fingerprint density at radius 2 is 1.76 bits per heavy atom. The lowest BCUT2D eigenvalue weighted by molar-refractivity contribution is -0.139. The lowest BCUT2D eigenvalue weighted by Crippen LogP contribution is -2.28. The quantitative estimate of drug-likeness (QED) is 0.153. The number of benzene rings is 4. The van der Waals surface area contributed by atoms with Crippen LogP contribution in [0.4, 0.5) is 0 Å². The maximum absolute atomic E-state index is 10.9. The molecule has 9 nitrogen and oxygen atoms in total. The Hall–Kier alpha value is -4.56. The van der Waals surface area contributed by atoms with Gasteiger partial charge in [0.1, 0.15) is 37.9 Å². The monoisotopic (exact) mass is 672 g/mol. The van der Waals surface area contributed by atoms with Crippen LogP contribution < -0.4 is 24.3 Å². The van der Waals surface area contributed by atoms with Gasteiger partial charge in [-0.25, -0.2) is 0 Å². The van der Waals surface area contributed by atoms with Crippen LogP contribution in [0.1, 0.15) is 34.2 Å². The minimum atomic E-state index is -1.07. The molecule has 232 valence electrons. The second-order valence-corrected chi connectivity index (χ2v) is 11.5. The van der Waals surface area contributed by atoms with Gasteiger partial charge in [0.2, 0.25) is 0 Å². The number of carbonyl (C=O) groups is 1. The fourth-order valence-corrected chi connectivity index (χ4v) is 5.52. The molecule has 0 spiro atoms. The smallest absolute Gasteiger partial charge is 0.306 e. The zero-order chi connectivity index (χ0) is 31.8. The van der Waals surface area contributed by atoms with E-state index in [0.29, 0.717) is 47.9 Å². The number of aliphatic hydroxyl groups excluding tert-OH is 1. The van der Waals surface area contributed by atoms with Crippen LogP contribution in [0.2, 0.25) is 0 Å². The number of nitrogens with zero attached hydrogens (tertiary/aromatic N) is 1. The van der Waals surface area contributed by atoms with Crippen LogP contribution in [-0.4, -0.2) is 42.0 Å². The summed E-state index contributed by atoms with van der Waals surface area (Å²) in [5.41, 5.74) is 6.36. The Balaban J connectivity index is 1.34. The van der Waals surface area contributed by atoms with Gasteiger partial charge in [0.25, 0.3) is 0 Å². The molecule has 0 saturated carbocycles. The Bertz CT molecular complexity index is 1720. The number of aliphatic hydroxyl groups is 1. The van der Waals surface area contributed by atoms with Crippen molar-refractivity contribution < 1.29 is 34.0 Å². The SMILES string of the molecule is Cc1c(COc2cc(OCc3cccc(C#N)c3)c(CNC[C@@H](O)CC(=O)O)cc2Br)cccc1-c1ccc2c(c1)OCCO2. The van der Waals surface area contributed by atoms with Gasteiger partial charge in [0.15, 0.2) is 11.5 Å². The third-order valence-electron chi connectivity index (χ3n) is 7.35. The molecule has 0 amide bonds. The summed E-state index contributed by atoms with van der Waals surface area (Å²) in [6.07, 6.45) is -1.37. The van der Waals surface area contributed by atoms with Gasteiger partial charge in [-0.3, -0.25) is 4.79 Å². The summed E-state index contributed by atoms with van der Waals surface area (Å²) in [6.45, 7) is 4.09. The van der Waals surface area contributed by atoms with E-state index in [1.807, 2.05) is 48.5 Å². The van der Waals surface area contributed by atoms with Crippen molar-refractivity contribution in [2.24, 2.45) is 0 Å². The van der Waals surface area contributed by atoms with Crippen molar-refractivity contribution in [3.63, 3.8) is 0 Å². The lowest BCUT2D eigenvalue weighted by Gasteiger charge is -2.20. The molecule has 0 aromatic heterocycles. The molecule has 45 heavy (non-hydrogen) atoms. The highest BCUT2D eigenvalue weighted by Crippen LogP contribution is 2.37. The molecule has 10 heteroatoms. The molecule has 1 aliphatic heterocycles. The van der Waals surface area contributed by atoms with Gasteiger partial charge in [-0.15, -0.1) is 0 Å². The van der Waals surface area contributed by atoms with Crippen LogP contribution in [0.5, 0.6) is 23.0 Å². The first-order valence-electron chi connectivity index (χ1n) is 14.5. The molecule has 0 unspecified atom stereocenters. The van der Waals surface area contributed by atoms with Gasteiger partial charge in [0, 0.05) is 24.7 Å². The molecule has 1 heterocycles. The van der Waals surface area contributed by atoms with E-state index in [0.717, 1.165) is 44.9 Å². The van der Waals surface area contributed by atoms with E-state index in [2.05, 4.69) is 40.3 Å². The number of hydrogen-bond donors (Lipinski definition) is 3. The molecule has 0 aliphatic carbocycles. The molecule has 3 N–H and O–H groups in total. The van der Waals surface area contributed by atoms with Crippen molar-refractivity contribution >= 4 is 21.9 Å². The normalized spacial score (nSPS) is 12.7. The van der Waals surface area contributed by atoms with Gasteiger partial charge >= 0.3 is 5.97 Å². The molecule has 4 aromatic carbocycles. The van der Waals surface area contributed by atoms with E-state index in [9.17, 15) is 15.2 Å². The molecular weight excluding hydrogens is 640 g/mol. The molecular formula is C35H33BrN2O7. The highest BCUT2D eigenvalue weighted by Gasteiger charge is 2.17. The Morgan fingerprint density at radius 1 is 0.978 bits per heavy atom. The minimum absolute atomic E-state index is 0.102. The van der Waals surface area contributed by atoms with E-state index in [1.165, 1.54) is 0 Å². The number of ether oxygens (including phenoxy) is 4. The molecule has 0 bridgehead atoms. The summed E-state index contributed by atoms with van der Waals surface area (Å²) in [5.74, 6) is 1.55. The van der Waals surface area contributed by atoms with Crippen LogP contribution in [0, 0.1) is 18.3 Å². The standard InChI is InChI=1S/C35H33BrN2O7/c1-22-26(6-3-7-29(22)25-8-9-31-34(14-25)43-11-10-42-31)21-45-33-16-32(44-20-24-5-2-4-23(12-24)17-37)27(13-30(33)36)18-38-19-28(39)15-35(40)41/h2-9,12-14,16,28,38-39H,10-11,15,18-21H2,1H3,(H,40,41)/t28-/m0/s1. The number of halogens is 1. The van der Waals surface area contributed by atoms with Gasteiger partial charge in [0.05, 0.1) is 28.6 Å². The number of rotatable bonds is 13. The number of fused-ring (bicyclic) bond motifs is 1. The molecule has 1 atom stereocenters. The summed E-state index contributed by atoms with van der Waals surface area (Å²) in [5, 5.41) is 31.3. The zero-order valence-corrected chi connectivity index (χ0v) is 26.3. The minimum Gasteiger partial charge on any atom is -0.488 e. The predicted octanol–water partition coefficient (Wildman–Crippen LogP) is 6.15. The van der Waals surface area contributed by atoms with Crippen molar-refractivity contribution in [1.82, 2.24) is 5.32 Å². The average molecular weight is 674 g/mol. The Kier molecular flexibility index (Phi) is 10.6. The van der Waals surface area contributed by atoms with Crippen molar-refractivity contribution in [2.75, 3.05) is 19.8 Å². The van der Waals surface area contributed by atoms with E-state index in [4.69, 9.17) is 24.1 Å². The number of nitrogens with one attached hydrogen (secondary N) is 1. The molecule has 4 aromatic rings. The number of hydrogen-bond acceptors (Lipinski definition) is 8. The lowest BCUT2D eigenvalue weighted by atomic mass is 9.96. The Morgan fingerprint density at radius 3 is 2.56 bits per heavy atom. The number of carboxylic acid groups (broad SMARTS) is 1. The van der Waals surface area contributed by atoms with Gasteiger partial charge < -0.3 is 34.5 Å². The third kappa shape index (κ3) is 8.34. The van der Waals surface area contributed by atoms with Crippen molar-refractivity contribution in [3.05, 3.63) is 105 Å². The first-order valence-corrected chi connectivity index (χ1v) is 15.3. The third-order valence-corrected chi connectivity index (χ3v) is 7.97. The zero-order valence-electron chi connectivity index (χ0n) is 24.7. The van der Waals surface area contributed by atoms with E-state index >= 15 is 0 Å². The fourth-order valence-electron chi connectivity index (χ4n) is 5.02. The maximum Gasteiger partial charge on any atom is 0.306 e.